The molecule has 0 radical (unpaired) electrons. The van der Waals surface area contributed by atoms with Crippen LogP contribution in [-0.4, -0.2) is 19.4 Å². The predicted molar refractivity (Wildman–Crippen MR) is 78.1 cm³/mol. The van der Waals surface area contributed by atoms with Gasteiger partial charge in [0.1, 0.15) is 10.3 Å². The van der Waals surface area contributed by atoms with Crippen molar-refractivity contribution in [2.45, 2.75) is 19.5 Å². The summed E-state index contributed by atoms with van der Waals surface area (Å²) >= 11 is 3.34. The van der Waals surface area contributed by atoms with Gasteiger partial charge in [0.25, 0.3) is 0 Å². The zero-order valence-corrected chi connectivity index (χ0v) is 12.6. The Bertz CT molecular complexity index is 776. The third-order valence-corrected chi connectivity index (χ3v) is 3.41. The van der Waals surface area contributed by atoms with Crippen molar-refractivity contribution in [2.75, 3.05) is 0 Å². The van der Waals surface area contributed by atoms with Crippen molar-refractivity contribution in [1.29, 1.82) is 0 Å². The highest BCUT2D eigenvalue weighted by molar-refractivity contribution is 9.10. The maximum Gasteiger partial charge on any atom is 0.234 e. The molecule has 0 bridgehead atoms. The molecule has 0 aliphatic heterocycles. The van der Waals surface area contributed by atoms with Crippen LogP contribution in [0.2, 0.25) is 0 Å². The third kappa shape index (κ3) is 2.31. The Kier molecular flexibility index (Phi) is 3.05. The SMILES string of the molecule is CC(C)(F)c1ccn2c(-c3cccc(Br)n3)cnc2n1. The Balaban J connectivity index is 2.15. The van der Waals surface area contributed by atoms with E-state index < -0.39 is 5.67 Å². The molecule has 4 nitrogen and oxygen atoms in total. The second kappa shape index (κ2) is 4.63. The maximum atomic E-state index is 13.9. The first-order valence-electron chi connectivity index (χ1n) is 6.11. The van der Waals surface area contributed by atoms with E-state index in [0.717, 1.165) is 16.0 Å². The third-order valence-electron chi connectivity index (χ3n) is 2.97. The highest BCUT2D eigenvalue weighted by Gasteiger charge is 2.21. The van der Waals surface area contributed by atoms with E-state index in [-0.39, 0.29) is 0 Å². The summed E-state index contributed by atoms with van der Waals surface area (Å²) in [6.07, 6.45) is 3.45. The quantitative estimate of drug-likeness (QED) is 0.670. The Morgan fingerprint density at radius 1 is 1.20 bits per heavy atom. The normalized spacial score (nSPS) is 12.0. The molecule has 0 aliphatic rings. The summed E-state index contributed by atoms with van der Waals surface area (Å²) in [5, 5.41) is 0. The molecular formula is C14H12BrFN4. The van der Waals surface area contributed by atoms with Gasteiger partial charge in [-0.15, -0.1) is 0 Å². The fourth-order valence-corrected chi connectivity index (χ4v) is 2.29. The van der Waals surface area contributed by atoms with Gasteiger partial charge in [-0.2, -0.15) is 0 Å². The molecule has 0 aromatic carbocycles. The van der Waals surface area contributed by atoms with Crippen LogP contribution >= 0.6 is 15.9 Å². The van der Waals surface area contributed by atoms with Crippen LogP contribution in [0, 0.1) is 0 Å². The smallest absolute Gasteiger partial charge is 0.234 e. The van der Waals surface area contributed by atoms with Gasteiger partial charge < -0.3 is 0 Å². The number of hydrogen-bond donors (Lipinski definition) is 0. The zero-order chi connectivity index (χ0) is 14.3. The molecule has 3 aromatic heterocycles. The molecule has 3 rings (SSSR count). The van der Waals surface area contributed by atoms with Gasteiger partial charge in [-0.1, -0.05) is 6.07 Å². The molecule has 102 valence electrons. The molecule has 0 aliphatic carbocycles. The van der Waals surface area contributed by atoms with E-state index in [1.165, 1.54) is 13.8 Å². The first-order valence-corrected chi connectivity index (χ1v) is 6.91. The molecule has 0 saturated carbocycles. The molecule has 0 atom stereocenters. The second-order valence-corrected chi connectivity index (χ2v) is 5.76. The number of hydrogen-bond acceptors (Lipinski definition) is 3. The van der Waals surface area contributed by atoms with E-state index in [4.69, 9.17) is 0 Å². The Morgan fingerprint density at radius 2 is 2.00 bits per heavy atom. The lowest BCUT2D eigenvalue weighted by Crippen LogP contribution is -2.12. The molecule has 0 saturated heterocycles. The summed E-state index contributed by atoms with van der Waals surface area (Å²) in [5.74, 6) is 0.463. The summed E-state index contributed by atoms with van der Waals surface area (Å²) < 4.78 is 16.5. The van der Waals surface area contributed by atoms with Crippen LogP contribution in [0.1, 0.15) is 19.5 Å². The molecule has 3 aromatic rings. The van der Waals surface area contributed by atoms with Gasteiger partial charge in [0.15, 0.2) is 0 Å². The number of halogens is 2. The fraction of sp³-hybridized carbons (Fsp3) is 0.214. The molecule has 0 unspecified atom stereocenters. The molecule has 0 amide bonds. The van der Waals surface area contributed by atoms with Crippen molar-refractivity contribution in [3.63, 3.8) is 0 Å². The van der Waals surface area contributed by atoms with Gasteiger partial charge in [0, 0.05) is 6.20 Å². The summed E-state index contributed by atoms with van der Waals surface area (Å²) in [4.78, 5) is 12.9. The average Bonchev–Trinajstić information content (AvgIpc) is 2.80. The topological polar surface area (TPSA) is 43.1 Å². The Labute approximate surface area is 123 Å². The van der Waals surface area contributed by atoms with Crippen LogP contribution in [0.3, 0.4) is 0 Å². The number of rotatable bonds is 2. The predicted octanol–water partition coefficient (Wildman–Crippen LogP) is 3.76. The summed E-state index contributed by atoms with van der Waals surface area (Å²) in [6, 6.07) is 7.31. The molecule has 0 fully saturated rings. The lowest BCUT2D eigenvalue weighted by Gasteiger charge is -2.13. The minimum Gasteiger partial charge on any atom is -0.282 e. The number of alkyl halides is 1. The van der Waals surface area contributed by atoms with Gasteiger partial charge in [-0.25, -0.2) is 19.3 Å². The van der Waals surface area contributed by atoms with E-state index in [0.29, 0.717) is 11.5 Å². The minimum atomic E-state index is -1.48. The van der Waals surface area contributed by atoms with Gasteiger partial charge in [0.05, 0.1) is 23.3 Å². The first-order chi connectivity index (χ1) is 9.45. The number of nitrogens with zero attached hydrogens (tertiary/aromatic N) is 4. The lowest BCUT2D eigenvalue weighted by atomic mass is 10.1. The Morgan fingerprint density at radius 3 is 2.70 bits per heavy atom. The van der Waals surface area contributed by atoms with Crippen LogP contribution in [0.25, 0.3) is 17.2 Å². The fourth-order valence-electron chi connectivity index (χ4n) is 1.94. The van der Waals surface area contributed by atoms with Crippen molar-refractivity contribution < 1.29 is 4.39 Å². The molecular weight excluding hydrogens is 323 g/mol. The summed E-state index contributed by atoms with van der Waals surface area (Å²) in [7, 11) is 0. The molecule has 0 spiro atoms. The molecule has 3 heterocycles. The average molecular weight is 335 g/mol. The summed E-state index contributed by atoms with van der Waals surface area (Å²) in [6.45, 7) is 2.96. The Hall–Kier alpha value is -1.82. The van der Waals surface area contributed by atoms with Crippen LogP contribution in [-0.2, 0) is 5.67 Å². The number of pyridine rings is 1. The van der Waals surface area contributed by atoms with E-state index in [1.807, 2.05) is 18.2 Å². The van der Waals surface area contributed by atoms with Crippen LogP contribution < -0.4 is 0 Å². The molecule has 6 heteroatoms. The minimum absolute atomic E-state index is 0.365. The molecule has 0 N–H and O–H groups in total. The van der Waals surface area contributed by atoms with Gasteiger partial charge in [0.2, 0.25) is 5.78 Å². The van der Waals surface area contributed by atoms with Crippen LogP contribution in [0.4, 0.5) is 4.39 Å². The van der Waals surface area contributed by atoms with E-state index >= 15 is 0 Å². The summed E-state index contributed by atoms with van der Waals surface area (Å²) in [5.41, 5.74) is 0.476. The van der Waals surface area contributed by atoms with Gasteiger partial charge in [-0.05, 0) is 48.0 Å². The van der Waals surface area contributed by atoms with Crippen LogP contribution in [0.5, 0.6) is 0 Å². The van der Waals surface area contributed by atoms with Crippen molar-refractivity contribution in [3.05, 3.63) is 47.0 Å². The second-order valence-electron chi connectivity index (χ2n) is 4.94. The van der Waals surface area contributed by atoms with Gasteiger partial charge >= 0.3 is 0 Å². The standard InChI is InChI=1S/C14H12BrFN4/c1-14(2,16)11-6-7-20-10(8-17-13(20)19-11)9-4-3-5-12(15)18-9/h3-8H,1-2H3. The van der Waals surface area contributed by atoms with Gasteiger partial charge in [-0.3, -0.25) is 4.40 Å². The number of fused-ring (bicyclic) bond motifs is 1. The monoisotopic (exact) mass is 334 g/mol. The van der Waals surface area contributed by atoms with Crippen molar-refractivity contribution >= 4 is 21.7 Å². The highest BCUT2D eigenvalue weighted by atomic mass is 79.9. The van der Waals surface area contributed by atoms with Crippen molar-refractivity contribution in [3.8, 4) is 11.4 Å². The highest BCUT2D eigenvalue weighted by Crippen LogP contribution is 2.25. The van der Waals surface area contributed by atoms with E-state index in [2.05, 4.69) is 30.9 Å². The van der Waals surface area contributed by atoms with E-state index in [1.54, 1.807) is 22.9 Å². The largest absolute Gasteiger partial charge is 0.282 e. The first kappa shape index (κ1) is 13.2. The number of imidazole rings is 1. The van der Waals surface area contributed by atoms with Crippen LogP contribution in [0.15, 0.2) is 41.3 Å². The zero-order valence-electron chi connectivity index (χ0n) is 11.0. The number of aromatic nitrogens is 4. The lowest BCUT2D eigenvalue weighted by molar-refractivity contribution is 0.214. The van der Waals surface area contributed by atoms with E-state index in [9.17, 15) is 4.39 Å². The maximum absolute atomic E-state index is 13.9. The van der Waals surface area contributed by atoms with Crippen molar-refractivity contribution in [1.82, 2.24) is 19.4 Å². The van der Waals surface area contributed by atoms with Crippen molar-refractivity contribution in [2.24, 2.45) is 0 Å². The molecule has 20 heavy (non-hydrogen) atoms.